The van der Waals surface area contributed by atoms with Crippen molar-refractivity contribution in [2.75, 3.05) is 16.8 Å². The van der Waals surface area contributed by atoms with Crippen LogP contribution in [-0.4, -0.2) is 38.9 Å². The topological polar surface area (TPSA) is 136 Å². The van der Waals surface area contributed by atoms with Crippen molar-refractivity contribution in [2.45, 2.75) is 24.3 Å². The van der Waals surface area contributed by atoms with Crippen LogP contribution in [0.3, 0.4) is 0 Å². The fourth-order valence-corrected chi connectivity index (χ4v) is 3.58. The van der Waals surface area contributed by atoms with E-state index in [1.54, 1.807) is 6.07 Å². The highest BCUT2D eigenvalue weighted by atomic mass is 32.2. The second-order valence-electron chi connectivity index (χ2n) is 6.99. The van der Waals surface area contributed by atoms with Gasteiger partial charge in [-0.1, -0.05) is 12.1 Å². The Morgan fingerprint density at radius 3 is 2.45 bits per heavy atom. The van der Waals surface area contributed by atoms with Crippen LogP contribution >= 0.6 is 0 Å². The van der Waals surface area contributed by atoms with Crippen LogP contribution in [0.2, 0.25) is 0 Å². The van der Waals surface area contributed by atoms with Gasteiger partial charge in [-0.3, -0.25) is 14.4 Å². The third kappa shape index (κ3) is 5.25. The maximum atomic E-state index is 14.0. The Bertz CT molecular complexity index is 1120. The zero-order valence-corrected chi connectivity index (χ0v) is 17.3. The van der Waals surface area contributed by atoms with Crippen LogP contribution in [0.25, 0.3) is 0 Å². The molecule has 31 heavy (non-hydrogen) atoms. The summed E-state index contributed by atoms with van der Waals surface area (Å²) in [5.41, 5.74) is 0.360. The van der Waals surface area contributed by atoms with Gasteiger partial charge in [0.15, 0.2) is 6.10 Å². The molecule has 0 bridgehead atoms. The van der Waals surface area contributed by atoms with Gasteiger partial charge in [-0.15, -0.1) is 0 Å². The van der Waals surface area contributed by atoms with Crippen LogP contribution in [0, 0.1) is 11.7 Å². The van der Waals surface area contributed by atoms with E-state index in [1.807, 2.05) is 0 Å². The molecule has 1 aliphatic heterocycles. The number of sulfonamides is 1. The number of nitrogens with two attached hydrogens (primary N) is 1. The molecule has 0 aromatic heterocycles. The summed E-state index contributed by atoms with van der Waals surface area (Å²) in [5.74, 6) is -3.23. The highest BCUT2D eigenvalue weighted by Crippen LogP contribution is 2.28. The van der Waals surface area contributed by atoms with Crippen molar-refractivity contribution < 1.29 is 31.9 Å². The molecule has 0 aliphatic carbocycles. The SMILES string of the molecule is C[C@H](OC(=O)[C@H]1CC(=O)N(c2ccccc2F)C1)C(=O)Nc1ccc(S(N)(=O)=O)cc1. The molecule has 0 radical (unpaired) electrons. The minimum absolute atomic E-state index is 0.0536. The number of hydrogen-bond acceptors (Lipinski definition) is 6. The smallest absolute Gasteiger partial charge is 0.312 e. The summed E-state index contributed by atoms with van der Waals surface area (Å²) in [6.45, 7) is 1.30. The summed E-state index contributed by atoms with van der Waals surface area (Å²) in [6, 6.07) is 10.9. The van der Waals surface area contributed by atoms with E-state index in [0.29, 0.717) is 0 Å². The average molecular weight is 449 g/mol. The molecule has 9 nitrogen and oxygen atoms in total. The number of para-hydroxylation sites is 1. The molecule has 1 aliphatic rings. The number of rotatable bonds is 6. The Labute approximate surface area is 178 Å². The first-order valence-electron chi connectivity index (χ1n) is 9.25. The molecule has 2 atom stereocenters. The fourth-order valence-electron chi connectivity index (χ4n) is 3.06. The number of nitrogens with one attached hydrogen (secondary N) is 1. The first-order valence-corrected chi connectivity index (χ1v) is 10.8. The standard InChI is InChI=1S/C20H20FN3O6S/c1-12(19(26)23-14-6-8-15(9-7-14)31(22,28)29)30-20(27)13-10-18(25)24(11-13)17-5-3-2-4-16(17)21/h2-9,12-13H,10-11H2,1H3,(H,23,26)(H2,22,28,29)/t12-,13-/m0/s1. The summed E-state index contributed by atoms with van der Waals surface area (Å²) >= 11 is 0. The molecule has 3 rings (SSSR count). The zero-order chi connectivity index (χ0) is 22.8. The largest absolute Gasteiger partial charge is 0.452 e. The molecule has 11 heteroatoms. The van der Waals surface area contributed by atoms with Gasteiger partial charge in [-0.25, -0.2) is 17.9 Å². The van der Waals surface area contributed by atoms with Crippen molar-refractivity contribution in [1.29, 1.82) is 0 Å². The second-order valence-corrected chi connectivity index (χ2v) is 8.56. The van der Waals surface area contributed by atoms with Gasteiger partial charge in [0.25, 0.3) is 5.91 Å². The molecule has 0 unspecified atom stereocenters. The molecule has 1 saturated heterocycles. The van der Waals surface area contributed by atoms with Crippen molar-refractivity contribution in [3.63, 3.8) is 0 Å². The lowest BCUT2D eigenvalue weighted by molar-refractivity contribution is -0.157. The number of benzene rings is 2. The van der Waals surface area contributed by atoms with E-state index in [4.69, 9.17) is 9.88 Å². The van der Waals surface area contributed by atoms with Crippen LogP contribution in [0.1, 0.15) is 13.3 Å². The molecule has 2 aromatic carbocycles. The molecule has 1 fully saturated rings. The maximum absolute atomic E-state index is 14.0. The van der Waals surface area contributed by atoms with E-state index >= 15 is 0 Å². The number of anilines is 2. The lowest BCUT2D eigenvalue weighted by Gasteiger charge is -2.18. The molecular formula is C20H20FN3O6S. The fraction of sp³-hybridized carbons (Fsp3) is 0.250. The lowest BCUT2D eigenvalue weighted by Crippen LogP contribution is -2.33. The van der Waals surface area contributed by atoms with Gasteiger partial charge in [-0.2, -0.15) is 0 Å². The van der Waals surface area contributed by atoms with E-state index in [2.05, 4.69) is 5.32 Å². The first-order chi connectivity index (χ1) is 14.6. The summed E-state index contributed by atoms with van der Waals surface area (Å²) in [7, 11) is -3.86. The van der Waals surface area contributed by atoms with Crippen LogP contribution < -0.4 is 15.4 Å². The van der Waals surface area contributed by atoms with Gasteiger partial charge in [0.1, 0.15) is 5.82 Å². The maximum Gasteiger partial charge on any atom is 0.312 e. The van der Waals surface area contributed by atoms with E-state index in [-0.39, 0.29) is 29.2 Å². The third-order valence-electron chi connectivity index (χ3n) is 4.71. The molecular weight excluding hydrogens is 429 g/mol. The number of nitrogens with zero attached hydrogens (tertiary/aromatic N) is 1. The normalized spacial score (nSPS) is 17.3. The van der Waals surface area contributed by atoms with E-state index in [0.717, 1.165) is 0 Å². The summed E-state index contributed by atoms with van der Waals surface area (Å²) in [4.78, 5) is 38.0. The van der Waals surface area contributed by atoms with Crippen molar-refractivity contribution in [1.82, 2.24) is 0 Å². The Morgan fingerprint density at radius 1 is 1.19 bits per heavy atom. The summed E-state index contributed by atoms with van der Waals surface area (Å²) in [5, 5.41) is 7.50. The predicted octanol–water partition coefficient (Wildman–Crippen LogP) is 1.40. The lowest BCUT2D eigenvalue weighted by atomic mass is 10.1. The highest BCUT2D eigenvalue weighted by Gasteiger charge is 2.38. The summed E-state index contributed by atoms with van der Waals surface area (Å²) < 4.78 is 41.6. The minimum Gasteiger partial charge on any atom is -0.452 e. The second kappa shape index (κ2) is 8.82. The van der Waals surface area contributed by atoms with Gasteiger partial charge >= 0.3 is 5.97 Å². The molecule has 1 heterocycles. The predicted molar refractivity (Wildman–Crippen MR) is 109 cm³/mol. The first kappa shape index (κ1) is 22.4. The van der Waals surface area contributed by atoms with Gasteiger partial charge in [-0.05, 0) is 43.3 Å². The molecule has 3 N–H and O–H groups in total. The van der Waals surface area contributed by atoms with Gasteiger partial charge in [0.2, 0.25) is 15.9 Å². The van der Waals surface area contributed by atoms with Crippen LogP contribution in [0.4, 0.5) is 15.8 Å². The van der Waals surface area contributed by atoms with E-state index < -0.39 is 45.6 Å². The summed E-state index contributed by atoms with van der Waals surface area (Å²) in [6.07, 6.45) is -1.33. The van der Waals surface area contributed by atoms with Gasteiger partial charge in [0, 0.05) is 18.7 Å². The molecule has 0 spiro atoms. The monoisotopic (exact) mass is 449 g/mol. The van der Waals surface area contributed by atoms with Crippen molar-refractivity contribution in [3.8, 4) is 0 Å². The number of ether oxygens (including phenoxy) is 1. The molecule has 0 saturated carbocycles. The highest BCUT2D eigenvalue weighted by molar-refractivity contribution is 7.89. The Kier molecular flexibility index (Phi) is 6.37. The number of primary sulfonamides is 1. The molecule has 2 amide bonds. The number of esters is 1. The Balaban J connectivity index is 1.58. The molecule has 2 aromatic rings. The minimum atomic E-state index is -3.86. The van der Waals surface area contributed by atoms with Crippen molar-refractivity contribution in [3.05, 3.63) is 54.3 Å². The Hall–Kier alpha value is -3.31. The number of carbonyl (C=O) groups is 3. The average Bonchev–Trinajstić information content (AvgIpc) is 3.09. The number of amides is 2. The number of carbonyl (C=O) groups excluding carboxylic acids is 3. The third-order valence-corrected chi connectivity index (χ3v) is 5.64. The quantitative estimate of drug-likeness (QED) is 0.640. The van der Waals surface area contributed by atoms with Crippen LogP contribution in [-0.2, 0) is 29.1 Å². The zero-order valence-electron chi connectivity index (χ0n) is 16.4. The van der Waals surface area contributed by atoms with Gasteiger partial charge < -0.3 is 15.0 Å². The van der Waals surface area contributed by atoms with Crippen molar-refractivity contribution >= 4 is 39.2 Å². The molecule has 164 valence electrons. The van der Waals surface area contributed by atoms with E-state index in [9.17, 15) is 27.2 Å². The Morgan fingerprint density at radius 2 is 1.84 bits per heavy atom. The van der Waals surface area contributed by atoms with E-state index in [1.165, 1.54) is 54.3 Å². The number of hydrogen-bond donors (Lipinski definition) is 2. The van der Waals surface area contributed by atoms with Crippen LogP contribution in [0.5, 0.6) is 0 Å². The number of halogens is 1. The van der Waals surface area contributed by atoms with Crippen molar-refractivity contribution in [2.24, 2.45) is 11.1 Å². The van der Waals surface area contributed by atoms with Crippen LogP contribution in [0.15, 0.2) is 53.4 Å². The van der Waals surface area contributed by atoms with Gasteiger partial charge in [0.05, 0.1) is 16.5 Å².